The quantitative estimate of drug-likeness (QED) is 0.392. The molecular formula is C35H42N6O5S. The van der Waals surface area contributed by atoms with E-state index in [4.69, 9.17) is 4.74 Å². The number of thiazole rings is 1. The molecule has 0 saturated carbocycles. The summed E-state index contributed by atoms with van der Waals surface area (Å²) in [6.07, 6.45) is 3.77. The molecule has 0 spiro atoms. The number of nitrogens with zero attached hydrogens (tertiary/aromatic N) is 6. The summed E-state index contributed by atoms with van der Waals surface area (Å²) < 4.78 is 7.77. The van der Waals surface area contributed by atoms with Crippen LogP contribution in [0.4, 0.5) is 5.69 Å². The minimum atomic E-state index is -1.11. The van der Waals surface area contributed by atoms with E-state index in [0.29, 0.717) is 32.4 Å². The Morgan fingerprint density at radius 3 is 2.28 bits per heavy atom. The van der Waals surface area contributed by atoms with Crippen LogP contribution in [0.1, 0.15) is 36.9 Å². The molecule has 2 fully saturated rings. The van der Waals surface area contributed by atoms with Crippen LogP contribution >= 0.6 is 11.3 Å². The maximum absolute atomic E-state index is 13.8. The molecule has 0 radical (unpaired) electrons. The van der Waals surface area contributed by atoms with Gasteiger partial charge in [-0.05, 0) is 68.3 Å². The molecule has 0 aliphatic carbocycles. The summed E-state index contributed by atoms with van der Waals surface area (Å²) in [6.45, 7) is 7.56. The van der Waals surface area contributed by atoms with Gasteiger partial charge in [-0.2, -0.15) is 0 Å². The number of carboxylic acids is 1. The number of piperazine rings is 1. The van der Waals surface area contributed by atoms with Crippen LogP contribution in [-0.4, -0.2) is 109 Å². The lowest BCUT2D eigenvalue weighted by atomic mass is 9.95. The van der Waals surface area contributed by atoms with Crippen LogP contribution in [0.3, 0.4) is 0 Å². The Hall–Kier alpha value is -4.26. The molecule has 3 aliphatic rings. The highest BCUT2D eigenvalue weighted by molar-refractivity contribution is 7.07. The molecule has 2 saturated heterocycles. The van der Waals surface area contributed by atoms with E-state index in [1.807, 2.05) is 60.3 Å². The SMILES string of the molecule is CC1=C(C(=O)O)C(c2ccc(N(C)C)cc2)n2c(s/c(=C\c3ccc(OCC(=O)N4CCC(N5CCN(C)CC5)CC4)cc3)c2=O)=N1. The van der Waals surface area contributed by atoms with Crippen LogP contribution in [0.15, 0.2) is 69.6 Å². The number of rotatable bonds is 8. The number of carbonyl (C=O) groups is 2. The Balaban J connectivity index is 1.13. The number of benzene rings is 2. The number of anilines is 1. The summed E-state index contributed by atoms with van der Waals surface area (Å²) in [5, 5.41) is 10.1. The van der Waals surface area contributed by atoms with Crippen molar-refractivity contribution >= 4 is 35.0 Å². The molecular weight excluding hydrogens is 616 g/mol. The number of piperidine rings is 1. The molecule has 4 heterocycles. The van der Waals surface area contributed by atoms with Crippen molar-refractivity contribution in [2.24, 2.45) is 4.99 Å². The molecule has 1 N–H and O–H groups in total. The number of aromatic nitrogens is 1. The fourth-order valence-electron chi connectivity index (χ4n) is 6.58. The number of hydrogen-bond acceptors (Lipinski definition) is 9. The zero-order chi connectivity index (χ0) is 33.2. The molecule has 2 aromatic carbocycles. The second-order valence-corrected chi connectivity index (χ2v) is 13.7. The van der Waals surface area contributed by atoms with Crippen molar-refractivity contribution < 1.29 is 19.4 Å². The highest BCUT2D eigenvalue weighted by Crippen LogP contribution is 2.31. The molecule has 3 aromatic rings. The van der Waals surface area contributed by atoms with Gasteiger partial charge in [-0.3, -0.25) is 19.1 Å². The van der Waals surface area contributed by atoms with Gasteiger partial charge >= 0.3 is 5.97 Å². The van der Waals surface area contributed by atoms with E-state index in [1.54, 1.807) is 25.1 Å². The number of amides is 1. The number of carboxylic acid groups (broad SMARTS) is 1. The second-order valence-electron chi connectivity index (χ2n) is 12.7. The smallest absolute Gasteiger partial charge is 0.335 e. The Labute approximate surface area is 278 Å². The van der Waals surface area contributed by atoms with E-state index in [0.717, 1.165) is 63.4 Å². The van der Waals surface area contributed by atoms with Gasteiger partial charge < -0.3 is 24.5 Å². The number of fused-ring (bicyclic) bond motifs is 1. The lowest BCUT2D eigenvalue weighted by Crippen LogP contribution is -2.53. The molecule has 248 valence electrons. The second kappa shape index (κ2) is 13.8. The molecule has 3 aliphatic heterocycles. The van der Waals surface area contributed by atoms with E-state index in [9.17, 15) is 19.5 Å². The number of likely N-dealkylation sites (N-methyl/N-ethyl adjacent to an activating group) is 1. The number of ether oxygens (including phenoxy) is 1. The van der Waals surface area contributed by atoms with E-state index in [1.165, 1.54) is 15.9 Å². The largest absolute Gasteiger partial charge is 0.484 e. The lowest BCUT2D eigenvalue weighted by molar-refractivity contribution is -0.135. The van der Waals surface area contributed by atoms with Gasteiger partial charge in [-0.15, -0.1) is 0 Å². The monoisotopic (exact) mass is 658 g/mol. The van der Waals surface area contributed by atoms with Crippen molar-refractivity contribution in [2.45, 2.75) is 31.8 Å². The van der Waals surface area contributed by atoms with Crippen LogP contribution in [0.2, 0.25) is 0 Å². The third kappa shape index (κ3) is 7.04. The molecule has 1 aromatic heterocycles. The van der Waals surface area contributed by atoms with Crippen LogP contribution in [0, 0.1) is 0 Å². The molecule has 0 bridgehead atoms. The van der Waals surface area contributed by atoms with E-state index in [-0.39, 0.29) is 23.6 Å². The number of aliphatic carboxylic acids is 1. The van der Waals surface area contributed by atoms with Crippen LogP contribution in [-0.2, 0) is 9.59 Å². The number of hydrogen-bond donors (Lipinski definition) is 1. The van der Waals surface area contributed by atoms with Gasteiger partial charge in [0, 0.05) is 65.1 Å². The predicted octanol–water partition coefficient (Wildman–Crippen LogP) is 2.00. The Kier molecular flexibility index (Phi) is 9.62. The standard InChI is InChI=1S/C35H42N6O5S/c1-23-31(34(44)45)32(25-7-9-26(10-8-25)37(2)3)41-33(43)29(47-35(41)36-23)21-24-5-11-28(12-6-24)46-22-30(42)40-15-13-27(14-16-40)39-19-17-38(4)18-20-39/h5-12,21,27,32H,13-20,22H2,1-4H3,(H,44,45)/b29-21-. The third-order valence-corrected chi connectivity index (χ3v) is 10.4. The van der Waals surface area contributed by atoms with Gasteiger partial charge in [0.15, 0.2) is 11.4 Å². The summed E-state index contributed by atoms with van der Waals surface area (Å²) in [6, 6.07) is 14.5. The maximum atomic E-state index is 13.8. The van der Waals surface area contributed by atoms with Crippen molar-refractivity contribution in [3.8, 4) is 5.75 Å². The first-order chi connectivity index (χ1) is 22.6. The first-order valence-corrected chi connectivity index (χ1v) is 16.9. The summed E-state index contributed by atoms with van der Waals surface area (Å²) in [7, 11) is 6.03. The normalized spacial score (nSPS) is 19.8. The van der Waals surface area contributed by atoms with Gasteiger partial charge in [-0.1, -0.05) is 35.6 Å². The highest BCUT2D eigenvalue weighted by Gasteiger charge is 2.32. The minimum absolute atomic E-state index is 0.00561. The number of carbonyl (C=O) groups excluding carboxylic acids is 1. The van der Waals surface area contributed by atoms with Crippen molar-refractivity contribution in [2.75, 3.05) is 71.9 Å². The Bertz CT molecular complexity index is 1830. The molecule has 1 atom stereocenters. The summed E-state index contributed by atoms with van der Waals surface area (Å²) in [5.74, 6) is -0.535. The fourth-order valence-corrected chi connectivity index (χ4v) is 7.63. The molecule has 47 heavy (non-hydrogen) atoms. The van der Waals surface area contributed by atoms with Crippen molar-refractivity contribution in [1.82, 2.24) is 19.3 Å². The molecule has 6 rings (SSSR count). The Morgan fingerprint density at radius 2 is 1.66 bits per heavy atom. The number of likely N-dealkylation sites (tertiary alicyclic amines) is 1. The van der Waals surface area contributed by atoms with Gasteiger partial charge in [-0.25, -0.2) is 9.79 Å². The lowest BCUT2D eigenvalue weighted by Gasteiger charge is -2.42. The zero-order valence-electron chi connectivity index (χ0n) is 27.4. The van der Waals surface area contributed by atoms with Crippen LogP contribution in [0.25, 0.3) is 6.08 Å². The van der Waals surface area contributed by atoms with Gasteiger partial charge in [0.2, 0.25) is 0 Å². The third-order valence-electron chi connectivity index (χ3n) is 9.39. The van der Waals surface area contributed by atoms with Gasteiger partial charge in [0.1, 0.15) is 5.75 Å². The van der Waals surface area contributed by atoms with Gasteiger partial charge in [0.25, 0.3) is 11.5 Å². The predicted molar refractivity (Wildman–Crippen MR) is 183 cm³/mol. The summed E-state index contributed by atoms with van der Waals surface area (Å²) in [4.78, 5) is 52.8. The van der Waals surface area contributed by atoms with Crippen molar-refractivity contribution in [3.05, 3.63) is 90.6 Å². The van der Waals surface area contributed by atoms with E-state index < -0.39 is 12.0 Å². The van der Waals surface area contributed by atoms with Crippen molar-refractivity contribution in [3.63, 3.8) is 0 Å². The number of allylic oxidation sites excluding steroid dienone is 1. The summed E-state index contributed by atoms with van der Waals surface area (Å²) >= 11 is 1.23. The average Bonchev–Trinajstić information content (AvgIpc) is 3.37. The molecule has 1 amide bonds. The maximum Gasteiger partial charge on any atom is 0.335 e. The zero-order valence-corrected chi connectivity index (χ0v) is 28.2. The Morgan fingerprint density at radius 1 is 1.00 bits per heavy atom. The molecule has 11 nitrogen and oxygen atoms in total. The minimum Gasteiger partial charge on any atom is -0.484 e. The van der Waals surface area contributed by atoms with Crippen LogP contribution < -0.4 is 24.5 Å². The van der Waals surface area contributed by atoms with E-state index >= 15 is 0 Å². The fraction of sp³-hybridized carbons (Fsp3) is 0.429. The van der Waals surface area contributed by atoms with Crippen LogP contribution in [0.5, 0.6) is 5.75 Å². The first kappa shape index (κ1) is 32.7. The van der Waals surface area contributed by atoms with Gasteiger partial charge in [0.05, 0.1) is 21.8 Å². The highest BCUT2D eigenvalue weighted by atomic mass is 32.1. The van der Waals surface area contributed by atoms with Crippen molar-refractivity contribution in [1.29, 1.82) is 0 Å². The topological polar surface area (TPSA) is 111 Å². The first-order valence-electron chi connectivity index (χ1n) is 16.1. The molecule has 12 heteroatoms. The summed E-state index contributed by atoms with van der Waals surface area (Å²) in [5.41, 5.74) is 2.60. The average molecular weight is 659 g/mol. The van der Waals surface area contributed by atoms with E-state index in [2.05, 4.69) is 21.8 Å². The molecule has 1 unspecified atom stereocenters.